The van der Waals surface area contributed by atoms with Crippen molar-refractivity contribution >= 4 is 16.0 Å². The first kappa shape index (κ1) is 15.3. The van der Waals surface area contributed by atoms with Crippen LogP contribution in [0.3, 0.4) is 0 Å². The number of nitrogens with one attached hydrogen (secondary N) is 1. The van der Waals surface area contributed by atoms with Crippen molar-refractivity contribution in [1.29, 1.82) is 0 Å². The Bertz CT molecular complexity index is 312. The summed E-state index contributed by atoms with van der Waals surface area (Å²) in [7, 11) is -2.06. The van der Waals surface area contributed by atoms with Crippen LogP contribution in [0.4, 0.5) is 0 Å². The Morgan fingerprint density at radius 3 is 2.38 bits per heavy atom. The third kappa shape index (κ3) is 6.76. The van der Waals surface area contributed by atoms with Gasteiger partial charge in [-0.3, -0.25) is 4.79 Å². The average molecular weight is 253 g/mol. The number of sulfonamides is 1. The van der Waals surface area contributed by atoms with Gasteiger partial charge in [0.2, 0.25) is 10.0 Å². The second-order valence-corrected chi connectivity index (χ2v) is 5.75. The maximum atomic E-state index is 11.5. The molecular weight excluding hydrogens is 234 g/mol. The van der Waals surface area contributed by atoms with Crippen LogP contribution < -0.4 is 4.72 Å². The SMILES string of the molecule is COCCS(=O)(=O)NC(CC(=O)O)C(C)C. The quantitative estimate of drug-likeness (QED) is 0.637. The molecule has 0 aliphatic rings. The lowest BCUT2D eigenvalue weighted by atomic mass is 10.0. The van der Waals surface area contributed by atoms with Gasteiger partial charge in [-0.2, -0.15) is 0 Å². The van der Waals surface area contributed by atoms with E-state index in [4.69, 9.17) is 5.11 Å². The predicted molar refractivity (Wildman–Crippen MR) is 59.7 cm³/mol. The van der Waals surface area contributed by atoms with Gasteiger partial charge < -0.3 is 9.84 Å². The van der Waals surface area contributed by atoms with Crippen molar-refractivity contribution in [1.82, 2.24) is 4.72 Å². The molecule has 0 saturated carbocycles. The van der Waals surface area contributed by atoms with Crippen LogP contribution in [0.15, 0.2) is 0 Å². The van der Waals surface area contributed by atoms with E-state index in [0.717, 1.165) is 0 Å². The molecule has 0 fully saturated rings. The number of rotatable bonds is 8. The topological polar surface area (TPSA) is 92.7 Å². The van der Waals surface area contributed by atoms with Crippen LogP contribution in [-0.4, -0.2) is 45.0 Å². The molecule has 0 spiro atoms. The summed E-state index contributed by atoms with van der Waals surface area (Å²) >= 11 is 0. The van der Waals surface area contributed by atoms with Crippen molar-refractivity contribution in [2.75, 3.05) is 19.5 Å². The number of hydrogen-bond acceptors (Lipinski definition) is 4. The molecule has 2 N–H and O–H groups in total. The molecular formula is C9H19NO5S. The number of carbonyl (C=O) groups is 1. The summed E-state index contributed by atoms with van der Waals surface area (Å²) in [5.41, 5.74) is 0. The highest BCUT2D eigenvalue weighted by Crippen LogP contribution is 2.07. The second kappa shape index (κ2) is 6.82. The minimum absolute atomic E-state index is 0.0755. The Hall–Kier alpha value is -0.660. The molecule has 7 heteroatoms. The molecule has 96 valence electrons. The highest BCUT2D eigenvalue weighted by Gasteiger charge is 2.22. The molecule has 1 unspecified atom stereocenters. The first-order chi connectivity index (χ1) is 7.28. The van der Waals surface area contributed by atoms with Gasteiger partial charge in [-0.05, 0) is 5.92 Å². The summed E-state index contributed by atoms with van der Waals surface area (Å²) in [5.74, 6) is -1.26. The van der Waals surface area contributed by atoms with Crippen LogP contribution in [0.1, 0.15) is 20.3 Å². The lowest BCUT2D eigenvalue weighted by Crippen LogP contribution is -2.41. The summed E-state index contributed by atoms with van der Waals surface area (Å²) in [6, 6.07) is -0.584. The average Bonchev–Trinajstić information content (AvgIpc) is 2.12. The summed E-state index contributed by atoms with van der Waals surface area (Å²) in [6.45, 7) is 3.63. The summed E-state index contributed by atoms with van der Waals surface area (Å²) in [5, 5.41) is 8.65. The molecule has 0 rings (SSSR count). The van der Waals surface area contributed by atoms with Crippen molar-refractivity contribution in [2.24, 2.45) is 5.92 Å². The van der Waals surface area contributed by atoms with E-state index in [-0.39, 0.29) is 24.7 Å². The molecule has 1 atom stereocenters. The van der Waals surface area contributed by atoms with Crippen LogP contribution in [0, 0.1) is 5.92 Å². The lowest BCUT2D eigenvalue weighted by molar-refractivity contribution is -0.137. The largest absolute Gasteiger partial charge is 0.481 e. The van der Waals surface area contributed by atoms with Crippen molar-refractivity contribution in [3.63, 3.8) is 0 Å². The molecule has 0 radical (unpaired) electrons. The minimum Gasteiger partial charge on any atom is -0.481 e. The summed E-state index contributed by atoms with van der Waals surface area (Å²) < 4.78 is 30.0. The van der Waals surface area contributed by atoms with E-state index in [1.54, 1.807) is 13.8 Å². The van der Waals surface area contributed by atoms with E-state index in [0.29, 0.717) is 0 Å². The Morgan fingerprint density at radius 1 is 1.44 bits per heavy atom. The highest BCUT2D eigenvalue weighted by atomic mass is 32.2. The third-order valence-corrected chi connectivity index (χ3v) is 3.45. The molecule has 0 aromatic rings. The highest BCUT2D eigenvalue weighted by molar-refractivity contribution is 7.89. The maximum absolute atomic E-state index is 11.5. The van der Waals surface area contributed by atoms with E-state index in [1.165, 1.54) is 7.11 Å². The Balaban J connectivity index is 4.44. The van der Waals surface area contributed by atoms with Crippen LogP contribution in [0.25, 0.3) is 0 Å². The molecule has 0 amide bonds. The standard InChI is InChI=1S/C9H19NO5S/c1-7(2)8(6-9(11)12)10-16(13,14)5-4-15-3/h7-8,10H,4-6H2,1-3H3,(H,11,12). The number of aliphatic carboxylic acids is 1. The maximum Gasteiger partial charge on any atom is 0.304 e. The van der Waals surface area contributed by atoms with Gasteiger partial charge in [0.1, 0.15) is 0 Å². The number of carboxylic acid groups (broad SMARTS) is 1. The van der Waals surface area contributed by atoms with E-state index in [9.17, 15) is 13.2 Å². The fourth-order valence-electron chi connectivity index (χ4n) is 1.08. The predicted octanol–water partition coefficient (Wildman–Crippen LogP) is 0.0515. The van der Waals surface area contributed by atoms with Crippen molar-refractivity contribution < 1.29 is 23.1 Å². The molecule has 0 aromatic heterocycles. The molecule has 0 heterocycles. The lowest BCUT2D eigenvalue weighted by Gasteiger charge is -2.20. The Kier molecular flexibility index (Phi) is 6.54. The van der Waals surface area contributed by atoms with Crippen molar-refractivity contribution in [3.8, 4) is 0 Å². The van der Waals surface area contributed by atoms with Gasteiger partial charge in [0.25, 0.3) is 0 Å². The van der Waals surface area contributed by atoms with E-state index in [1.807, 2.05) is 0 Å². The smallest absolute Gasteiger partial charge is 0.304 e. The van der Waals surface area contributed by atoms with Crippen LogP contribution in [0.2, 0.25) is 0 Å². The van der Waals surface area contributed by atoms with Gasteiger partial charge >= 0.3 is 5.97 Å². The molecule has 0 saturated heterocycles. The van der Waals surface area contributed by atoms with Gasteiger partial charge in [0, 0.05) is 13.2 Å². The first-order valence-electron chi connectivity index (χ1n) is 4.99. The minimum atomic E-state index is -3.47. The zero-order valence-corrected chi connectivity index (χ0v) is 10.6. The molecule has 16 heavy (non-hydrogen) atoms. The van der Waals surface area contributed by atoms with Gasteiger partial charge in [0.15, 0.2) is 0 Å². The third-order valence-electron chi connectivity index (χ3n) is 2.09. The summed E-state index contributed by atoms with van der Waals surface area (Å²) in [6.07, 6.45) is -0.218. The normalized spacial score (nSPS) is 14.0. The van der Waals surface area contributed by atoms with Gasteiger partial charge in [-0.25, -0.2) is 13.1 Å². The molecule has 0 bridgehead atoms. The summed E-state index contributed by atoms with van der Waals surface area (Å²) in [4.78, 5) is 10.6. The molecule has 0 aliphatic heterocycles. The van der Waals surface area contributed by atoms with E-state index >= 15 is 0 Å². The van der Waals surface area contributed by atoms with Gasteiger partial charge in [-0.1, -0.05) is 13.8 Å². The second-order valence-electron chi connectivity index (χ2n) is 3.88. The van der Waals surface area contributed by atoms with Crippen LogP contribution in [0.5, 0.6) is 0 Å². The molecule has 0 aliphatic carbocycles. The Labute approximate surface area is 96.0 Å². The molecule has 6 nitrogen and oxygen atoms in total. The monoisotopic (exact) mass is 253 g/mol. The van der Waals surface area contributed by atoms with Crippen LogP contribution >= 0.6 is 0 Å². The van der Waals surface area contributed by atoms with Gasteiger partial charge in [-0.15, -0.1) is 0 Å². The van der Waals surface area contributed by atoms with Crippen LogP contribution in [-0.2, 0) is 19.6 Å². The zero-order chi connectivity index (χ0) is 12.8. The number of hydrogen-bond donors (Lipinski definition) is 2. The van der Waals surface area contributed by atoms with E-state index < -0.39 is 22.0 Å². The fraction of sp³-hybridized carbons (Fsp3) is 0.889. The molecule has 0 aromatic carbocycles. The zero-order valence-electron chi connectivity index (χ0n) is 9.76. The van der Waals surface area contributed by atoms with E-state index in [2.05, 4.69) is 9.46 Å². The van der Waals surface area contributed by atoms with Crippen molar-refractivity contribution in [2.45, 2.75) is 26.3 Å². The number of ether oxygens (including phenoxy) is 1. The number of methoxy groups -OCH3 is 1. The first-order valence-corrected chi connectivity index (χ1v) is 6.64. The fourth-order valence-corrected chi connectivity index (χ4v) is 2.40. The Morgan fingerprint density at radius 2 is 2.00 bits per heavy atom. The van der Waals surface area contributed by atoms with Crippen molar-refractivity contribution in [3.05, 3.63) is 0 Å². The number of carboxylic acids is 1. The van der Waals surface area contributed by atoms with Gasteiger partial charge in [0.05, 0.1) is 18.8 Å².